The quantitative estimate of drug-likeness (QED) is 0.624. The van der Waals surface area contributed by atoms with Gasteiger partial charge in [-0.1, -0.05) is 12.1 Å². The number of hydrogen-bond donors (Lipinski definition) is 2. The molecule has 1 aliphatic heterocycles. The van der Waals surface area contributed by atoms with E-state index in [1.807, 2.05) is 11.0 Å². The van der Waals surface area contributed by atoms with Crippen molar-refractivity contribution in [2.75, 3.05) is 23.3 Å². The van der Waals surface area contributed by atoms with Crippen LogP contribution in [-0.4, -0.2) is 39.7 Å². The summed E-state index contributed by atoms with van der Waals surface area (Å²) in [6, 6.07) is 10.0. The molecule has 1 atom stereocenters. The lowest BCUT2D eigenvalue weighted by atomic mass is 9.97. The fourth-order valence-corrected chi connectivity index (χ4v) is 4.70. The lowest BCUT2D eigenvalue weighted by Gasteiger charge is -2.32. The maximum atomic E-state index is 14.4. The van der Waals surface area contributed by atoms with Crippen molar-refractivity contribution in [2.24, 2.45) is 11.7 Å². The van der Waals surface area contributed by atoms with Crippen LogP contribution in [0.1, 0.15) is 41.0 Å². The molecule has 5 rings (SSSR count). The number of nitrogens with one attached hydrogen (secondary N) is 1. The average Bonchev–Trinajstić information content (AvgIpc) is 3.43. The van der Waals surface area contributed by atoms with Crippen LogP contribution in [0, 0.1) is 11.7 Å². The normalized spacial score (nSPS) is 17.6. The van der Waals surface area contributed by atoms with Gasteiger partial charge in [0.05, 0.1) is 17.8 Å². The Morgan fingerprint density at radius 1 is 1.12 bits per heavy atom. The van der Waals surface area contributed by atoms with Crippen LogP contribution in [0.15, 0.2) is 42.6 Å². The summed E-state index contributed by atoms with van der Waals surface area (Å²) >= 11 is 0. The fourth-order valence-electron chi connectivity index (χ4n) is 4.70. The van der Waals surface area contributed by atoms with Gasteiger partial charge in [0, 0.05) is 24.3 Å². The molecule has 0 bridgehead atoms. The first-order chi connectivity index (χ1) is 16.0. The maximum Gasteiger partial charge on any atom is 0.276 e. The number of pyridine rings is 1. The lowest BCUT2D eigenvalue weighted by molar-refractivity contribution is -0.122. The van der Waals surface area contributed by atoms with E-state index in [0.717, 1.165) is 55.7 Å². The van der Waals surface area contributed by atoms with Crippen LogP contribution in [0.4, 0.5) is 15.9 Å². The summed E-state index contributed by atoms with van der Waals surface area (Å²) in [6.45, 7) is 1.36. The maximum absolute atomic E-state index is 14.4. The Morgan fingerprint density at radius 3 is 2.73 bits per heavy atom. The Bertz CT molecular complexity index is 1210. The van der Waals surface area contributed by atoms with E-state index in [2.05, 4.69) is 15.4 Å². The number of carbonyl (C=O) groups excluding carboxylic acids is 2. The lowest BCUT2D eigenvalue weighted by Crippen LogP contribution is -2.41. The molecule has 3 heterocycles. The number of carbonyl (C=O) groups is 2. The number of aromatic nitrogens is 3. The number of nitrogens with zero attached hydrogens (tertiary/aromatic N) is 4. The van der Waals surface area contributed by atoms with Gasteiger partial charge in [-0.2, -0.15) is 5.10 Å². The zero-order valence-corrected chi connectivity index (χ0v) is 18.1. The van der Waals surface area contributed by atoms with E-state index >= 15 is 0 Å². The van der Waals surface area contributed by atoms with E-state index in [-0.39, 0.29) is 23.5 Å². The van der Waals surface area contributed by atoms with Crippen molar-refractivity contribution in [1.82, 2.24) is 14.8 Å². The highest BCUT2D eigenvalue weighted by molar-refractivity contribution is 6.04. The van der Waals surface area contributed by atoms with Crippen molar-refractivity contribution in [3.8, 4) is 5.69 Å². The first-order valence-electron chi connectivity index (χ1n) is 11.2. The minimum Gasteiger partial charge on any atom is -0.369 e. The van der Waals surface area contributed by atoms with Crippen molar-refractivity contribution >= 4 is 23.3 Å². The van der Waals surface area contributed by atoms with Gasteiger partial charge in [0.15, 0.2) is 5.69 Å². The summed E-state index contributed by atoms with van der Waals surface area (Å²) in [7, 11) is 0. The van der Waals surface area contributed by atoms with Gasteiger partial charge in [-0.05, 0) is 56.4 Å². The van der Waals surface area contributed by atoms with E-state index in [1.165, 1.54) is 6.07 Å². The zero-order valence-electron chi connectivity index (χ0n) is 18.1. The van der Waals surface area contributed by atoms with E-state index < -0.39 is 0 Å². The fraction of sp³-hybridized carbons (Fsp3) is 0.333. The number of para-hydroxylation sites is 1. The Morgan fingerprint density at radius 2 is 1.97 bits per heavy atom. The standard InChI is InChI=1S/C24H25FN6O2/c25-18-7-1-2-8-20(18)31-19-9-3-6-17(19)22(29-31)24(33)28-16-10-11-21(27-13-16)30-12-4-5-15(14-30)23(26)32/h1-2,7-8,10-11,13,15H,3-6,9,12,14H2,(H2,26,32)(H,28,33). The molecule has 2 aromatic heterocycles. The third-order valence-corrected chi connectivity index (χ3v) is 6.38. The van der Waals surface area contributed by atoms with Gasteiger partial charge in [-0.3, -0.25) is 9.59 Å². The number of halogens is 1. The predicted molar refractivity (Wildman–Crippen MR) is 122 cm³/mol. The Kier molecular flexibility index (Phi) is 5.53. The summed E-state index contributed by atoms with van der Waals surface area (Å²) in [4.78, 5) is 31.1. The number of amides is 2. The van der Waals surface area contributed by atoms with Gasteiger partial charge >= 0.3 is 0 Å². The van der Waals surface area contributed by atoms with E-state index in [1.54, 1.807) is 35.1 Å². The average molecular weight is 449 g/mol. The summed E-state index contributed by atoms with van der Waals surface area (Å²) < 4.78 is 15.9. The number of piperidine rings is 1. The Balaban J connectivity index is 1.34. The van der Waals surface area contributed by atoms with Gasteiger partial charge in [0.2, 0.25) is 5.91 Å². The second-order valence-corrected chi connectivity index (χ2v) is 8.54. The Labute approximate surface area is 190 Å². The predicted octanol–water partition coefficient (Wildman–Crippen LogP) is 2.85. The third-order valence-electron chi connectivity index (χ3n) is 6.38. The highest BCUT2D eigenvalue weighted by atomic mass is 19.1. The molecule has 1 unspecified atom stereocenters. The number of fused-ring (bicyclic) bond motifs is 1. The Hall–Kier alpha value is -3.75. The molecule has 0 spiro atoms. The van der Waals surface area contributed by atoms with E-state index in [9.17, 15) is 14.0 Å². The molecule has 3 N–H and O–H groups in total. The molecule has 2 amide bonds. The number of anilines is 2. The van der Waals surface area contributed by atoms with Gasteiger partial charge in [0.1, 0.15) is 17.3 Å². The zero-order chi connectivity index (χ0) is 22.9. The van der Waals surface area contributed by atoms with Gasteiger partial charge in [-0.15, -0.1) is 0 Å². The van der Waals surface area contributed by atoms with Gasteiger partial charge in [0.25, 0.3) is 5.91 Å². The monoisotopic (exact) mass is 448 g/mol. The van der Waals surface area contributed by atoms with Crippen molar-refractivity contribution < 1.29 is 14.0 Å². The number of nitrogens with two attached hydrogens (primary N) is 1. The molecule has 1 aliphatic carbocycles. The van der Waals surface area contributed by atoms with Crippen molar-refractivity contribution in [2.45, 2.75) is 32.1 Å². The minimum absolute atomic E-state index is 0.174. The second kappa shape index (κ2) is 8.65. The summed E-state index contributed by atoms with van der Waals surface area (Å²) in [6.07, 6.45) is 5.66. The third kappa shape index (κ3) is 4.06. The van der Waals surface area contributed by atoms with Gasteiger partial charge in [-0.25, -0.2) is 14.1 Å². The molecule has 170 valence electrons. The summed E-state index contributed by atoms with van der Waals surface area (Å²) in [5, 5.41) is 7.33. The number of benzene rings is 1. The topological polar surface area (TPSA) is 106 Å². The first kappa shape index (κ1) is 21.1. The molecular weight excluding hydrogens is 423 g/mol. The molecule has 2 aliphatic rings. The largest absolute Gasteiger partial charge is 0.369 e. The molecule has 33 heavy (non-hydrogen) atoms. The molecule has 1 aromatic carbocycles. The van der Waals surface area contributed by atoms with Crippen LogP contribution in [-0.2, 0) is 17.6 Å². The van der Waals surface area contributed by atoms with E-state index in [4.69, 9.17) is 5.73 Å². The molecular formula is C24H25FN6O2. The summed E-state index contributed by atoms with van der Waals surface area (Å²) in [5.74, 6) is -0.441. The number of hydrogen-bond acceptors (Lipinski definition) is 5. The molecule has 0 saturated carbocycles. The molecule has 1 fully saturated rings. The number of primary amides is 1. The van der Waals surface area contributed by atoms with Gasteiger partial charge < -0.3 is 16.0 Å². The van der Waals surface area contributed by atoms with Crippen LogP contribution in [0.2, 0.25) is 0 Å². The van der Waals surface area contributed by atoms with Crippen molar-refractivity contribution in [3.05, 3.63) is 65.4 Å². The van der Waals surface area contributed by atoms with Crippen LogP contribution in [0.25, 0.3) is 5.69 Å². The molecule has 3 aromatic rings. The van der Waals surface area contributed by atoms with Crippen molar-refractivity contribution in [1.29, 1.82) is 0 Å². The molecule has 9 heteroatoms. The van der Waals surface area contributed by atoms with Crippen LogP contribution in [0.5, 0.6) is 0 Å². The smallest absolute Gasteiger partial charge is 0.276 e. The first-order valence-corrected chi connectivity index (χ1v) is 11.2. The van der Waals surface area contributed by atoms with E-state index in [0.29, 0.717) is 23.6 Å². The molecule has 1 saturated heterocycles. The highest BCUT2D eigenvalue weighted by Crippen LogP contribution is 2.29. The number of rotatable bonds is 5. The molecule has 0 radical (unpaired) electrons. The van der Waals surface area contributed by atoms with Crippen molar-refractivity contribution in [3.63, 3.8) is 0 Å². The van der Waals surface area contributed by atoms with Crippen LogP contribution < -0.4 is 16.0 Å². The molecule has 8 nitrogen and oxygen atoms in total. The van der Waals surface area contributed by atoms with Crippen LogP contribution >= 0.6 is 0 Å². The SMILES string of the molecule is NC(=O)C1CCCN(c2ccc(NC(=O)c3nn(-c4ccccc4F)c4c3CCC4)cn2)C1. The second-order valence-electron chi connectivity index (χ2n) is 8.54. The summed E-state index contributed by atoms with van der Waals surface area (Å²) in [5.41, 5.74) is 8.41. The van der Waals surface area contributed by atoms with Crippen LogP contribution in [0.3, 0.4) is 0 Å². The highest BCUT2D eigenvalue weighted by Gasteiger charge is 2.28. The minimum atomic E-state index is -0.377.